The molecule has 33 heavy (non-hydrogen) atoms. The molecule has 5 rings (SSSR count). The van der Waals surface area contributed by atoms with Gasteiger partial charge < -0.3 is 19.1 Å². The standard InChI is InChI=1S/C25H24ClN3O4/c26-21-7-1-2-8-22(21)32-20-16-25(31-17-20)9-13-29(14-10-25)23(30)18-5-3-6-19(15-18)33-24-27-11-4-12-28-24/h1-8,11-12,15,20H,9-10,13-14,16-17H2/t20-/m1/s1. The van der Waals surface area contributed by atoms with Gasteiger partial charge in [0.05, 0.1) is 17.2 Å². The highest BCUT2D eigenvalue weighted by molar-refractivity contribution is 6.32. The molecule has 3 heterocycles. The van der Waals surface area contributed by atoms with Crippen molar-refractivity contribution in [1.29, 1.82) is 0 Å². The fourth-order valence-corrected chi connectivity index (χ4v) is 4.56. The average molecular weight is 466 g/mol. The second-order valence-corrected chi connectivity index (χ2v) is 8.73. The molecule has 3 aromatic rings. The molecule has 8 heteroatoms. The van der Waals surface area contributed by atoms with Gasteiger partial charge in [-0.05, 0) is 49.2 Å². The van der Waals surface area contributed by atoms with Crippen LogP contribution in [0.2, 0.25) is 5.02 Å². The third kappa shape index (κ3) is 4.94. The lowest BCUT2D eigenvalue weighted by molar-refractivity contribution is -0.0395. The Labute approximate surface area is 197 Å². The highest BCUT2D eigenvalue weighted by Crippen LogP contribution is 2.38. The maximum Gasteiger partial charge on any atom is 0.321 e. The first kappa shape index (κ1) is 21.7. The fraction of sp³-hybridized carbons (Fsp3) is 0.320. The summed E-state index contributed by atoms with van der Waals surface area (Å²) < 4.78 is 17.9. The van der Waals surface area contributed by atoms with E-state index in [1.54, 1.807) is 42.7 Å². The van der Waals surface area contributed by atoms with E-state index in [2.05, 4.69) is 9.97 Å². The van der Waals surface area contributed by atoms with E-state index in [9.17, 15) is 4.79 Å². The SMILES string of the molecule is O=C(c1cccc(Oc2ncccn2)c1)N1CCC2(CC1)C[C@@H](Oc1ccccc1Cl)CO2. The van der Waals surface area contributed by atoms with Crippen molar-refractivity contribution in [3.05, 3.63) is 77.6 Å². The molecule has 0 aliphatic carbocycles. The summed E-state index contributed by atoms with van der Waals surface area (Å²) in [6, 6.07) is 16.5. The molecular formula is C25H24ClN3O4. The number of benzene rings is 2. The van der Waals surface area contributed by atoms with Crippen LogP contribution in [0.5, 0.6) is 17.5 Å². The third-order valence-electron chi connectivity index (χ3n) is 6.10. The van der Waals surface area contributed by atoms with Crippen molar-refractivity contribution in [3.8, 4) is 17.5 Å². The van der Waals surface area contributed by atoms with Crippen LogP contribution >= 0.6 is 11.6 Å². The van der Waals surface area contributed by atoms with E-state index in [0.717, 1.165) is 19.3 Å². The molecule has 1 spiro atoms. The van der Waals surface area contributed by atoms with Crippen LogP contribution in [0.1, 0.15) is 29.6 Å². The largest absolute Gasteiger partial charge is 0.486 e. The van der Waals surface area contributed by atoms with E-state index in [0.29, 0.717) is 41.8 Å². The molecule has 2 saturated heterocycles. The summed E-state index contributed by atoms with van der Waals surface area (Å²) in [4.78, 5) is 23.1. The summed E-state index contributed by atoms with van der Waals surface area (Å²) >= 11 is 6.22. The third-order valence-corrected chi connectivity index (χ3v) is 6.41. The zero-order valence-corrected chi connectivity index (χ0v) is 18.8. The van der Waals surface area contributed by atoms with Crippen molar-refractivity contribution in [2.24, 2.45) is 0 Å². The zero-order chi connectivity index (χ0) is 22.7. The van der Waals surface area contributed by atoms with Gasteiger partial charge in [0.1, 0.15) is 17.6 Å². The van der Waals surface area contributed by atoms with Crippen LogP contribution in [0.25, 0.3) is 0 Å². The summed E-state index contributed by atoms with van der Waals surface area (Å²) in [5.74, 6) is 1.19. The first-order valence-electron chi connectivity index (χ1n) is 11.0. The number of halogens is 1. The molecule has 1 aromatic heterocycles. The highest BCUT2D eigenvalue weighted by Gasteiger charge is 2.44. The van der Waals surface area contributed by atoms with Crippen LogP contribution in [-0.2, 0) is 4.74 Å². The van der Waals surface area contributed by atoms with Gasteiger partial charge in [0.25, 0.3) is 5.91 Å². The Balaban J connectivity index is 1.18. The van der Waals surface area contributed by atoms with Gasteiger partial charge in [0.15, 0.2) is 0 Å². The van der Waals surface area contributed by atoms with E-state index < -0.39 is 0 Å². The molecule has 170 valence electrons. The number of likely N-dealkylation sites (tertiary alicyclic amines) is 1. The summed E-state index contributed by atoms with van der Waals surface area (Å²) in [5, 5.41) is 0.601. The van der Waals surface area contributed by atoms with Gasteiger partial charge in [0.2, 0.25) is 0 Å². The van der Waals surface area contributed by atoms with Gasteiger partial charge >= 0.3 is 6.01 Å². The van der Waals surface area contributed by atoms with Gasteiger partial charge in [-0.25, -0.2) is 9.97 Å². The second kappa shape index (κ2) is 9.37. The lowest BCUT2D eigenvalue weighted by Crippen LogP contribution is -2.46. The van der Waals surface area contributed by atoms with Crippen molar-refractivity contribution in [2.45, 2.75) is 31.0 Å². The summed E-state index contributed by atoms with van der Waals surface area (Å²) in [6.45, 7) is 1.79. The van der Waals surface area contributed by atoms with Crippen LogP contribution in [0.15, 0.2) is 67.0 Å². The van der Waals surface area contributed by atoms with Crippen molar-refractivity contribution in [1.82, 2.24) is 14.9 Å². The van der Waals surface area contributed by atoms with E-state index in [4.69, 9.17) is 25.8 Å². The number of amides is 1. The Kier molecular flexibility index (Phi) is 6.15. The van der Waals surface area contributed by atoms with Crippen molar-refractivity contribution in [3.63, 3.8) is 0 Å². The predicted molar refractivity (Wildman–Crippen MR) is 123 cm³/mol. The number of piperidine rings is 1. The Hall–Kier alpha value is -3.16. The number of carbonyl (C=O) groups excluding carboxylic acids is 1. The second-order valence-electron chi connectivity index (χ2n) is 8.32. The van der Waals surface area contributed by atoms with E-state index in [-0.39, 0.29) is 23.6 Å². The monoisotopic (exact) mass is 465 g/mol. The lowest BCUT2D eigenvalue weighted by Gasteiger charge is -2.38. The van der Waals surface area contributed by atoms with Gasteiger partial charge in [-0.2, -0.15) is 0 Å². The number of ether oxygens (including phenoxy) is 3. The number of para-hydroxylation sites is 1. The molecule has 2 aliphatic heterocycles. The highest BCUT2D eigenvalue weighted by atomic mass is 35.5. The normalized spacial score (nSPS) is 19.4. The molecule has 2 aromatic carbocycles. The number of nitrogens with zero attached hydrogens (tertiary/aromatic N) is 3. The van der Waals surface area contributed by atoms with Crippen LogP contribution in [0.4, 0.5) is 0 Å². The molecule has 2 fully saturated rings. The molecule has 2 aliphatic rings. The van der Waals surface area contributed by atoms with Gasteiger partial charge in [-0.1, -0.05) is 29.8 Å². The van der Waals surface area contributed by atoms with Crippen molar-refractivity contribution < 1.29 is 19.0 Å². The smallest absolute Gasteiger partial charge is 0.321 e. The minimum atomic E-state index is -0.252. The number of hydrogen-bond acceptors (Lipinski definition) is 6. The van der Waals surface area contributed by atoms with Gasteiger partial charge in [-0.3, -0.25) is 4.79 Å². The Morgan fingerprint density at radius 1 is 1.06 bits per heavy atom. The van der Waals surface area contributed by atoms with E-state index in [1.165, 1.54) is 0 Å². The number of hydrogen-bond donors (Lipinski definition) is 0. The molecule has 1 atom stereocenters. The number of aromatic nitrogens is 2. The van der Waals surface area contributed by atoms with Crippen LogP contribution in [0, 0.1) is 0 Å². The quantitative estimate of drug-likeness (QED) is 0.540. The first-order valence-corrected chi connectivity index (χ1v) is 11.4. The van der Waals surface area contributed by atoms with Crippen molar-refractivity contribution >= 4 is 17.5 Å². The molecule has 0 radical (unpaired) electrons. The lowest BCUT2D eigenvalue weighted by atomic mass is 9.87. The molecule has 0 unspecified atom stereocenters. The summed E-state index contributed by atoms with van der Waals surface area (Å²) in [7, 11) is 0. The zero-order valence-electron chi connectivity index (χ0n) is 18.0. The van der Waals surface area contributed by atoms with Crippen LogP contribution in [0.3, 0.4) is 0 Å². The Bertz CT molecular complexity index is 1120. The maximum atomic E-state index is 13.1. The fourth-order valence-electron chi connectivity index (χ4n) is 4.38. The van der Waals surface area contributed by atoms with E-state index >= 15 is 0 Å². The maximum absolute atomic E-state index is 13.1. The average Bonchev–Trinajstić information content (AvgIpc) is 3.23. The van der Waals surface area contributed by atoms with Gasteiger partial charge in [-0.15, -0.1) is 0 Å². The Morgan fingerprint density at radius 2 is 1.85 bits per heavy atom. The van der Waals surface area contributed by atoms with Gasteiger partial charge in [0, 0.05) is 37.5 Å². The Morgan fingerprint density at radius 3 is 2.64 bits per heavy atom. The van der Waals surface area contributed by atoms with Crippen LogP contribution in [-0.4, -0.2) is 52.2 Å². The number of carbonyl (C=O) groups is 1. The summed E-state index contributed by atoms with van der Waals surface area (Å²) in [5.41, 5.74) is 0.324. The molecule has 0 N–H and O–H groups in total. The number of rotatable bonds is 5. The summed E-state index contributed by atoms with van der Waals surface area (Å²) in [6.07, 6.45) is 5.51. The van der Waals surface area contributed by atoms with E-state index in [1.807, 2.05) is 29.2 Å². The van der Waals surface area contributed by atoms with Crippen molar-refractivity contribution in [2.75, 3.05) is 19.7 Å². The molecule has 1 amide bonds. The molecular weight excluding hydrogens is 442 g/mol. The topological polar surface area (TPSA) is 73.8 Å². The predicted octanol–water partition coefficient (Wildman–Crippen LogP) is 4.77. The molecule has 0 bridgehead atoms. The van der Waals surface area contributed by atoms with Crippen LogP contribution < -0.4 is 9.47 Å². The molecule has 0 saturated carbocycles. The minimum absolute atomic E-state index is 0.0221. The molecule has 7 nitrogen and oxygen atoms in total. The minimum Gasteiger partial charge on any atom is -0.486 e. The first-order chi connectivity index (χ1) is 16.1.